The molecule has 86 valence electrons. The lowest BCUT2D eigenvalue weighted by Crippen LogP contribution is -2.55. The van der Waals surface area contributed by atoms with E-state index in [0.29, 0.717) is 19.5 Å². The first-order valence-electron chi connectivity index (χ1n) is 5.08. The molecule has 0 heterocycles. The summed E-state index contributed by atoms with van der Waals surface area (Å²) in [5.74, 6) is 5.87. The Morgan fingerprint density at radius 1 is 1.43 bits per heavy atom. The highest BCUT2D eigenvalue weighted by Crippen LogP contribution is 2.08. The minimum Gasteiger partial charge on any atom is -0.396 e. The van der Waals surface area contributed by atoms with Crippen LogP contribution >= 0.6 is 0 Å². The molecule has 0 saturated carbocycles. The normalized spacial score (nSPS) is 12.4. The second-order valence-electron chi connectivity index (χ2n) is 4.05. The molecule has 0 atom stereocenters. The summed E-state index contributed by atoms with van der Waals surface area (Å²) in [6.45, 7) is 7.25. The van der Waals surface area contributed by atoms with Crippen molar-refractivity contribution in [1.29, 1.82) is 0 Å². The molecule has 14 heavy (non-hydrogen) atoms. The molecule has 6 N–H and O–H groups in total. The summed E-state index contributed by atoms with van der Waals surface area (Å²) in [7, 11) is 0. The van der Waals surface area contributed by atoms with Gasteiger partial charge in [-0.05, 0) is 20.3 Å². The van der Waals surface area contributed by atoms with Crippen LogP contribution in [-0.2, 0) is 0 Å². The van der Waals surface area contributed by atoms with Crippen molar-refractivity contribution in [2.75, 3.05) is 32.8 Å². The molecule has 0 amide bonds. The molecule has 0 aliphatic heterocycles. The van der Waals surface area contributed by atoms with E-state index in [4.69, 9.17) is 16.7 Å². The van der Waals surface area contributed by atoms with Crippen LogP contribution in [0.3, 0.4) is 0 Å². The van der Waals surface area contributed by atoms with Gasteiger partial charge in [-0.3, -0.25) is 5.84 Å². The molecule has 0 spiro atoms. The summed E-state index contributed by atoms with van der Waals surface area (Å²) in [6.07, 6.45) is 0.705. The highest BCUT2D eigenvalue weighted by Gasteiger charge is 2.22. The summed E-state index contributed by atoms with van der Waals surface area (Å²) in [5.41, 5.74) is 5.27. The minimum atomic E-state index is -0.107. The molecule has 5 heteroatoms. The Bertz CT molecular complexity index is 141. The number of nitrogens with one attached hydrogen (secondary N) is 1. The zero-order chi connectivity index (χ0) is 11.0. The van der Waals surface area contributed by atoms with E-state index in [9.17, 15) is 0 Å². The van der Waals surface area contributed by atoms with E-state index >= 15 is 0 Å². The Morgan fingerprint density at radius 2 is 2.07 bits per heavy atom. The minimum absolute atomic E-state index is 0.107. The van der Waals surface area contributed by atoms with Crippen LogP contribution in [0.5, 0.6) is 0 Å². The standard InChI is InChI=1S/C9H24N4O/c1-9(2,8-12-5-4-10)13(11)6-3-7-14/h12,14H,3-8,10-11H2,1-2H3. The van der Waals surface area contributed by atoms with Crippen LogP contribution in [0.4, 0.5) is 0 Å². The molecule has 0 rings (SSSR count). The van der Waals surface area contributed by atoms with E-state index in [2.05, 4.69) is 19.2 Å². The van der Waals surface area contributed by atoms with E-state index in [-0.39, 0.29) is 12.1 Å². The Hall–Kier alpha value is -0.200. The van der Waals surface area contributed by atoms with Crippen LogP contribution in [0, 0.1) is 0 Å². The Balaban J connectivity index is 3.77. The molecule has 0 fully saturated rings. The van der Waals surface area contributed by atoms with Crippen molar-refractivity contribution >= 4 is 0 Å². The molecular formula is C9H24N4O. The molecule has 0 radical (unpaired) electrons. The fourth-order valence-electron chi connectivity index (χ4n) is 1.14. The highest BCUT2D eigenvalue weighted by atomic mass is 16.3. The molecule has 0 aliphatic rings. The van der Waals surface area contributed by atoms with Crippen LogP contribution in [0.2, 0.25) is 0 Å². The quantitative estimate of drug-likeness (QED) is 0.228. The smallest absolute Gasteiger partial charge is 0.0443 e. The molecule has 0 aliphatic carbocycles. The number of hydrogen-bond acceptors (Lipinski definition) is 5. The molecular weight excluding hydrogens is 180 g/mol. The maximum atomic E-state index is 8.68. The van der Waals surface area contributed by atoms with Crippen LogP contribution in [0.1, 0.15) is 20.3 Å². The van der Waals surface area contributed by atoms with Crippen molar-refractivity contribution in [2.24, 2.45) is 11.6 Å². The second kappa shape index (κ2) is 7.14. The summed E-state index contributed by atoms with van der Waals surface area (Å²) < 4.78 is 0. The van der Waals surface area contributed by atoms with Gasteiger partial charge >= 0.3 is 0 Å². The van der Waals surface area contributed by atoms with Gasteiger partial charge in [0.1, 0.15) is 0 Å². The van der Waals surface area contributed by atoms with Crippen LogP contribution in [-0.4, -0.2) is 48.4 Å². The van der Waals surface area contributed by atoms with Crippen molar-refractivity contribution in [3.8, 4) is 0 Å². The number of hydrazine groups is 1. The lowest BCUT2D eigenvalue weighted by atomic mass is 10.0. The van der Waals surface area contributed by atoms with Gasteiger partial charge in [-0.1, -0.05) is 0 Å². The Kier molecular flexibility index (Phi) is 7.04. The van der Waals surface area contributed by atoms with Gasteiger partial charge in [0.15, 0.2) is 0 Å². The van der Waals surface area contributed by atoms with Gasteiger partial charge in [0.05, 0.1) is 0 Å². The lowest BCUT2D eigenvalue weighted by molar-refractivity contribution is 0.109. The van der Waals surface area contributed by atoms with Gasteiger partial charge in [-0.15, -0.1) is 0 Å². The van der Waals surface area contributed by atoms with Gasteiger partial charge in [0.2, 0.25) is 0 Å². The first kappa shape index (κ1) is 13.8. The zero-order valence-corrected chi connectivity index (χ0v) is 9.29. The molecule has 0 bridgehead atoms. The van der Waals surface area contributed by atoms with Crippen molar-refractivity contribution in [3.63, 3.8) is 0 Å². The van der Waals surface area contributed by atoms with E-state index in [1.165, 1.54) is 0 Å². The predicted octanol–water partition coefficient (Wildman–Crippen LogP) is -1.13. The van der Waals surface area contributed by atoms with Crippen molar-refractivity contribution in [1.82, 2.24) is 10.3 Å². The van der Waals surface area contributed by atoms with E-state index in [0.717, 1.165) is 13.1 Å². The first-order chi connectivity index (χ1) is 6.54. The van der Waals surface area contributed by atoms with Gasteiger partial charge in [0.25, 0.3) is 0 Å². The largest absolute Gasteiger partial charge is 0.396 e. The summed E-state index contributed by atoms with van der Waals surface area (Å²) in [6, 6.07) is 0. The molecule has 0 unspecified atom stereocenters. The summed E-state index contributed by atoms with van der Waals surface area (Å²) >= 11 is 0. The van der Waals surface area contributed by atoms with E-state index in [1.807, 2.05) is 0 Å². The number of nitrogens with zero attached hydrogens (tertiary/aromatic N) is 1. The second-order valence-corrected chi connectivity index (χ2v) is 4.05. The number of rotatable bonds is 8. The average Bonchev–Trinajstić information content (AvgIpc) is 2.14. The van der Waals surface area contributed by atoms with Gasteiger partial charge < -0.3 is 16.2 Å². The Morgan fingerprint density at radius 3 is 2.57 bits per heavy atom. The van der Waals surface area contributed by atoms with Gasteiger partial charge in [-0.25, -0.2) is 5.01 Å². The van der Waals surface area contributed by atoms with Gasteiger partial charge in [0, 0.05) is 38.3 Å². The van der Waals surface area contributed by atoms with Crippen LogP contribution in [0.25, 0.3) is 0 Å². The fraction of sp³-hybridized carbons (Fsp3) is 1.00. The number of aliphatic hydroxyl groups is 1. The fourth-order valence-corrected chi connectivity index (χ4v) is 1.14. The van der Waals surface area contributed by atoms with Gasteiger partial charge in [-0.2, -0.15) is 0 Å². The maximum absolute atomic E-state index is 8.68. The molecule has 0 aromatic heterocycles. The third kappa shape index (κ3) is 5.51. The Labute approximate surface area is 86.4 Å². The molecule has 5 nitrogen and oxygen atoms in total. The van der Waals surface area contributed by atoms with Crippen molar-refractivity contribution in [2.45, 2.75) is 25.8 Å². The molecule has 0 saturated heterocycles. The summed E-state index contributed by atoms with van der Waals surface area (Å²) in [4.78, 5) is 0. The number of aliphatic hydroxyl groups excluding tert-OH is 1. The lowest BCUT2D eigenvalue weighted by Gasteiger charge is -2.35. The van der Waals surface area contributed by atoms with E-state index < -0.39 is 0 Å². The summed E-state index contributed by atoms with van der Waals surface area (Å²) in [5, 5.41) is 13.7. The SMILES string of the molecule is CC(C)(CNCCN)N(N)CCCO. The third-order valence-electron chi connectivity index (χ3n) is 2.21. The van der Waals surface area contributed by atoms with Crippen LogP contribution in [0.15, 0.2) is 0 Å². The number of nitrogens with two attached hydrogens (primary N) is 2. The number of hydrogen-bond donors (Lipinski definition) is 4. The van der Waals surface area contributed by atoms with Crippen LogP contribution < -0.4 is 16.9 Å². The molecule has 0 aromatic rings. The highest BCUT2D eigenvalue weighted by molar-refractivity contribution is 4.80. The maximum Gasteiger partial charge on any atom is 0.0443 e. The zero-order valence-electron chi connectivity index (χ0n) is 9.29. The van der Waals surface area contributed by atoms with Crippen molar-refractivity contribution in [3.05, 3.63) is 0 Å². The third-order valence-corrected chi connectivity index (χ3v) is 2.21. The van der Waals surface area contributed by atoms with Crippen molar-refractivity contribution < 1.29 is 5.11 Å². The first-order valence-corrected chi connectivity index (χ1v) is 5.08. The topological polar surface area (TPSA) is 87.5 Å². The predicted molar refractivity (Wildman–Crippen MR) is 58.6 cm³/mol. The van der Waals surface area contributed by atoms with E-state index in [1.54, 1.807) is 5.01 Å². The average molecular weight is 204 g/mol. The molecule has 0 aromatic carbocycles. The monoisotopic (exact) mass is 204 g/mol.